The average molecular weight is 324 g/mol. The van der Waals surface area contributed by atoms with Gasteiger partial charge in [0.2, 0.25) is 0 Å². The highest BCUT2D eigenvalue weighted by Crippen LogP contribution is 2.11. The summed E-state index contributed by atoms with van der Waals surface area (Å²) < 4.78 is 15.2. The number of ketones is 1. The van der Waals surface area contributed by atoms with E-state index in [1.54, 1.807) is 19.2 Å². The minimum atomic E-state index is -0.351. The van der Waals surface area contributed by atoms with E-state index in [-0.39, 0.29) is 23.7 Å². The highest BCUT2D eigenvalue weighted by atomic mass is 79.9. The van der Waals surface area contributed by atoms with E-state index in [0.717, 1.165) is 4.47 Å². The Hall–Kier alpha value is -1.75. The van der Waals surface area contributed by atoms with Gasteiger partial charge in [0.25, 0.3) is 5.56 Å². The predicted octanol–water partition coefficient (Wildman–Crippen LogP) is 2.94. The van der Waals surface area contributed by atoms with Crippen molar-refractivity contribution < 1.29 is 9.18 Å². The van der Waals surface area contributed by atoms with Gasteiger partial charge in [-0.05, 0) is 52.7 Å². The van der Waals surface area contributed by atoms with Crippen LogP contribution < -0.4 is 5.56 Å². The Bertz CT molecular complexity index is 694. The maximum atomic E-state index is 13.1. The third-order valence-electron chi connectivity index (χ3n) is 2.74. The fourth-order valence-corrected chi connectivity index (χ4v) is 2.07. The fourth-order valence-electron chi connectivity index (χ4n) is 1.69. The third-order valence-corrected chi connectivity index (χ3v) is 3.21. The molecular weight excluding hydrogens is 313 g/mol. The number of hydrogen-bond donors (Lipinski definition) is 0. The molecule has 1 aromatic heterocycles. The highest BCUT2D eigenvalue weighted by Gasteiger charge is 2.09. The molecule has 2 rings (SSSR count). The van der Waals surface area contributed by atoms with Crippen molar-refractivity contribution in [1.82, 2.24) is 4.57 Å². The largest absolute Gasteiger partial charge is 0.307 e. The molecular formula is C14H11BrFNO2. The molecule has 0 amide bonds. The molecule has 0 saturated carbocycles. The summed E-state index contributed by atoms with van der Waals surface area (Å²) in [5.74, 6) is -0.584. The van der Waals surface area contributed by atoms with Crippen LogP contribution in [0.15, 0.2) is 45.8 Å². The van der Waals surface area contributed by atoms with Crippen LogP contribution in [-0.2, 0) is 6.54 Å². The van der Waals surface area contributed by atoms with Crippen LogP contribution in [0.25, 0.3) is 0 Å². The molecule has 0 N–H and O–H groups in total. The fraction of sp³-hybridized carbons (Fsp3) is 0.143. The first-order chi connectivity index (χ1) is 8.97. The van der Waals surface area contributed by atoms with Gasteiger partial charge in [0.05, 0.1) is 6.54 Å². The molecule has 2 aromatic rings. The van der Waals surface area contributed by atoms with Gasteiger partial charge in [-0.1, -0.05) is 0 Å². The van der Waals surface area contributed by atoms with Gasteiger partial charge < -0.3 is 4.57 Å². The molecule has 3 nitrogen and oxygen atoms in total. The lowest BCUT2D eigenvalue weighted by Crippen LogP contribution is -2.23. The summed E-state index contributed by atoms with van der Waals surface area (Å²) in [6.45, 7) is 1.53. The van der Waals surface area contributed by atoms with Gasteiger partial charge in [-0.2, -0.15) is 0 Å². The predicted molar refractivity (Wildman–Crippen MR) is 73.9 cm³/mol. The van der Waals surface area contributed by atoms with Gasteiger partial charge in [-0.15, -0.1) is 0 Å². The number of nitrogens with zero attached hydrogens (tertiary/aromatic N) is 1. The van der Waals surface area contributed by atoms with Gasteiger partial charge in [-0.3, -0.25) is 9.59 Å². The maximum Gasteiger partial charge on any atom is 0.251 e. The maximum absolute atomic E-state index is 13.1. The van der Waals surface area contributed by atoms with Crippen LogP contribution in [0.4, 0.5) is 4.39 Å². The zero-order valence-corrected chi connectivity index (χ0v) is 11.8. The molecule has 0 unspecified atom stereocenters. The molecule has 0 bridgehead atoms. The van der Waals surface area contributed by atoms with Crippen LogP contribution in [0.3, 0.4) is 0 Å². The monoisotopic (exact) mass is 323 g/mol. The molecule has 0 aliphatic carbocycles. The highest BCUT2D eigenvalue weighted by molar-refractivity contribution is 9.10. The van der Waals surface area contributed by atoms with E-state index in [4.69, 9.17) is 0 Å². The Kier molecular flexibility index (Phi) is 3.95. The van der Waals surface area contributed by atoms with Crippen LogP contribution in [0.1, 0.15) is 15.9 Å². The van der Waals surface area contributed by atoms with E-state index in [0.29, 0.717) is 11.1 Å². The lowest BCUT2D eigenvalue weighted by Gasteiger charge is -2.06. The molecule has 0 spiro atoms. The number of Topliss-reactive ketones (excluding diaryl/α,β-unsaturated/α-hetero) is 1. The van der Waals surface area contributed by atoms with E-state index in [1.807, 2.05) is 0 Å². The van der Waals surface area contributed by atoms with Crippen LogP contribution in [-0.4, -0.2) is 10.4 Å². The number of aryl methyl sites for hydroxylation is 1. The van der Waals surface area contributed by atoms with E-state index >= 15 is 0 Å². The molecule has 1 aromatic carbocycles. The SMILES string of the molecule is Cc1cc(C(=O)Cn2cc(Br)ccc2=O)ccc1F. The summed E-state index contributed by atoms with van der Waals surface area (Å²) in [7, 11) is 0. The van der Waals surface area contributed by atoms with Crippen molar-refractivity contribution in [2.24, 2.45) is 0 Å². The number of aromatic nitrogens is 1. The van der Waals surface area contributed by atoms with Crippen LogP contribution >= 0.6 is 15.9 Å². The Morgan fingerprint density at radius 1 is 1.32 bits per heavy atom. The van der Waals surface area contributed by atoms with Crippen molar-refractivity contribution in [1.29, 1.82) is 0 Å². The number of halogens is 2. The second kappa shape index (κ2) is 5.48. The Labute approximate surface area is 117 Å². The molecule has 0 atom stereocenters. The molecule has 5 heteroatoms. The number of benzene rings is 1. The number of carbonyl (C=O) groups is 1. The minimum Gasteiger partial charge on any atom is -0.307 e. The van der Waals surface area contributed by atoms with Crippen molar-refractivity contribution in [3.63, 3.8) is 0 Å². The number of hydrogen-bond acceptors (Lipinski definition) is 2. The van der Waals surface area contributed by atoms with E-state index < -0.39 is 0 Å². The summed E-state index contributed by atoms with van der Waals surface area (Å²) in [6, 6.07) is 7.17. The van der Waals surface area contributed by atoms with Gasteiger partial charge in [0, 0.05) is 22.3 Å². The first-order valence-corrected chi connectivity index (χ1v) is 6.42. The molecule has 1 heterocycles. The average Bonchev–Trinajstić information content (AvgIpc) is 2.37. The molecule has 19 heavy (non-hydrogen) atoms. The lowest BCUT2D eigenvalue weighted by atomic mass is 10.1. The normalized spacial score (nSPS) is 10.5. The van der Waals surface area contributed by atoms with Crippen LogP contribution in [0, 0.1) is 12.7 Å². The summed E-state index contributed by atoms with van der Waals surface area (Å²) in [6.07, 6.45) is 1.55. The first kappa shape index (κ1) is 13.7. The Balaban J connectivity index is 2.28. The molecule has 0 radical (unpaired) electrons. The molecule has 0 fully saturated rings. The van der Waals surface area contributed by atoms with Crippen molar-refractivity contribution in [2.45, 2.75) is 13.5 Å². The zero-order valence-electron chi connectivity index (χ0n) is 10.2. The van der Waals surface area contributed by atoms with E-state index in [2.05, 4.69) is 15.9 Å². The lowest BCUT2D eigenvalue weighted by molar-refractivity contribution is 0.0970. The quantitative estimate of drug-likeness (QED) is 0.815. The number of rotatable bonds is 3. The second-order valence-corrected chi connectivity index (χ2v) is 5.12. The molecule has 0 saturated heterocycles. The number of carbonyl (C=O) groups excluding carboxylic acids is 1. The second-order valence-electron chi connectivity index (χ2n) is 4.20. The van der Waals surface area contributed by atoms with E-state index in [9.17, 15) is 14.0 Å². The molecule has 0 aliphatic heterocycles. The zero-order chi connectivity index (χ0) is 14.0. The smallest absolute Gasteiger partial charge is 0.251 e. The first-order valence-electron chi connectivity index (χ1n) is 5.63. The Morgan fingerprint density at radius 2 is 2.05 bits per heavy atom. The standard InChI is InChI=1S/C14H11BrFNO2/c1-9-6-10(2-4-12(9)16)13(18)8-17-7-11(15)3-5-14(17)19/h2-7H,8H2,1H3. The van der Waals surface area contributed by atoms with Crippen LogP contribution in [0.5, 0.6) is 0 Å². The summed E-state index contributed by atoms with van der Waals surface area (Å²) in [4.78, 5) is 23.6. The van der Waals surface area contributed by atoms with Crippen molar-refractivity contribution in [3.8, 4) is 0 Å². The van der Waals surface area contributed by atoms with E-state index in [1.165, 1.54) is 28.8 Å². The number of pyridine rings is 1. The molecule has 98 valence electrons. The topological polar surface area (TPSA) is 39.1 Å². The van der Waals surface area contributed by atoms with Crippen LogP contribution in [0.2, 0.25) is 0 Å². The van der Waals surface area contributed by atoms with Crippen molar-refractivity contribution in [2.75, 3.05) is 0 Å². The Morgan fingerprint density at radius 3 is 2.74 bits per heavy atom. The van der Waals surface area contributed by atoms with Gasteiger partial charge in [-0.25, -0.2) is 4.39 Å². The molecule has 0 aliphatic rings. The van der Waals surface area contributed by atoms with Gasteiger partial charge in [0.1, 0.15) is 5.82 Å². The van der Waals surface area contributed by atoms with Gasteiger partial charge >= 0.3 is 0 Å². The summed E-state index contributed by atoms with van der Waals surface area (Å²) in [5, 5.41) is 0. The van der Waals surface area contributed by atoms with Crippen molar-refractivity contribution in [3.05, 3.63) is 68.3 Å². The summed E-state index contributed by atoms with van der Waals surface area (Å²) in [5.41, 5.74) is 0.550. The summed E-state index contributed by atoms with van der Waals surface area (Å²) >= 11 is 3.24. The van der Waals surface area contributed by atoms with Crippen molar-refractivity contribution >= 4 is 21.7 Å². The minimum absolute atomic E-state index is 0.0661. The third kappa shape index (κ3) is 3.17. The van der Waals surface area contributed by atoms with Gasteiger partial charge in [0.15, 0.2) is 5.78 Å².